The first kappa shape index (κ1) is 21.1. The van der Waals surface area contributed by atoms with Crippen molar-refractivity contribution < 1.29 is 19.3 Å². The molecule has 2 aliphatic rings. The first-order chi connectivity index (χ1) is 15.9. The predicted octanol–water partition coefficient (Wildman–Crippen LogP) is 4.61. The van der Waals surface area contributed by atoms with Crippen molar-refractivity contribution in [2.75, 3.05) is 9.96 Å². The van der Waals surface area contributed by atoms with Gasteiger partial charge in [0.05, 0.1) is 22.3 Å². The minimum absolute atomic E-state index is 0.0133. The molecule has 0 bridgehead atoms. The van der Waals surface area contributed by atoms with Gasteiger partial charge < -0.3 is 0 Å². The molecular weight excluding hydrogens is 446 g/mol. The van der Waals surface area contributed by atoms with Crippen LogP contribution in [0.3, 0.4) is 0 Å². The number of hydroxylamine groups is 1. The van der Waals surface area contributed by atoms with Crippen LogP contribution in [0.2, 0.25) is 5.02 Å². The van der Waals surface area contributed by atoms with Crippen molar-refractivity contribution in [2.24, 2.45) is 5.92 Å². The lowest BCUT2D eigenvalue weighted by Gasteiger charge is -2.28. The van der Waals surface area contributed by atoms with Gasteiger partial charge in [0, 0.05) is 6.07 Å². The summed E-state index contributed by atoms with van der Waals surface area (Å²) in [6.45, 7) is 1.91. The molecule has 8 nitrogen and oxygen atoms in total. The van der Waals surface area contributed by atoms with E-state index < -0.39 is 34.8 Å². The van der Waals surface area contributed by atoms with Gasteiger partial charge in [-0.15, -0.1) is 0 Å². The number of anilines is 2. The molecule has 9 heteroatoms. The Morgan fingerprint density at radius 2 is 1.64 bits per heavy atom. The minimum atomic E-state index is -1.06. The van der Waals surface area contributed by atoms with Gasteiger partial charge in [0.2, 0.25) is 5.91 Å². The molecule has 2 fully saturated rings. The topological polar surface area (TPSA) is 93.0 Å². The number of fused-ring (bicyclic) bond motifs is 1. The molecule has 3 atom stereocenters. The fraction of sp³-hybridized carbons (Fsp3) is 0.167. The molecule has 0 spiro atoms. The van der Waals surface area contributed by atoms with Crippen LogP contribution < -0.4 is 9.96 Å². The lowest BCUT2D eigenvalue weighted by Crippen LogP contribution is -2.37. The maximum atomic E-state index is 13.6. The van der Waals surface area contributed by atoms with E-state index in [0.29, 0.717) is 16.9 Å². The number of carbonyl (C=O) groups excluding carboxylic acids is 2. The number of amides is 2. The predicted molar refractivity (Wildman–Crippen MR) is 122 cm³/mol. The second kappa shape index (κ2) is 7.99. The Balaban J connectivity index is 1.61. The van der Waals surface area contributed by atoms with Gasteiger partial charge >= 0.3 is 0 Å². The summed E-state index contributed by atoms with van der Waals surface area (Å²) in [5.74, 6) is -1.78. The van der Waals surface area contributed by atoms with Gasteiger partial charge in [0.1, 0.15) is 10.9 Å². The molecule has 0 unspecified atom stereocenters. The first-order valence-corrected chi connectivity index (χ1v) is 10.6. The van der Waals surface area contributed by atoms with Crippen LogP contribution in [0.1, 0.15) is 17.2 Å². The third kappa shape index (κ3) is 3.44. The molecule has 166 valence electrons. The number of aryl methyl sites for hydroxylation is 1. The molecule has 0 saturated carbocycles. The molecule has 33 heavy (non-hydrogen) atoms. The smallest absolute Gasteiger partial charge is 0.273 e. The quantitative estimate of drug-likeness (QED) is 0.319. The van der Waals surface area contributed by atoms with E-state index in [1.807, 2.05) is 25.1 Å². The monoisotopic (exact) mass is 463 g/mol. The van der Waals surface area contributed by atoms with E-state index in [1.165, 1.54) is 17.2 Å². The molecule has 3 aromatic rings. The Kier molecular flexibility index (Phi) is 5.11. The van der Waals surface area contributed by atoms with Crippen LogP contribution in [0, 0.1) is 23.0 Å². The summed E-state index contributed by atoms with van der Waals surface area (Å²) in [4.78, 5) is 45.0. The van der Waals surface area contributed by atoms with Crippen molar-refractivity contribution in [3.8, 4) is 0 Å². The molecule has 2 saturated heterocycles. The highest BCUT2D eigenvalue weighted by atomic mass is 35.5. The van der Waals surface area contributed by atoms with Crippen molar-refractivity contribution in [3.05, 3.63) is 99.1 Å². The van der Waals surface area contributed by atoms with Crippen LogP contribution in [0.5, 0.6) is 0 Å². The summed E-state index contributed by atoms with van der Waals surface area (Å²) in [6, 6.07) is 19.7. The van der Waals surface area contributed by atoms with Crippen molar-refractivity contribution >= 4 is 40.5 Å². The van der Waals surface area contributed by atoms with Crippen LogP contribution in [0.15, 0.2) is 72.8 Å². The fourth-order valence-electron chi connectivity index (χ4n) is 4.35. The van der Waals surface area contributed by atoms with Gasteiger partial charge in [-0.05, 0) is 42.8 Å². The number of nitro benzene ring substituents is 1. The van der Waals surface area contributed by atoms with E-state index in [9.17, 15) is 19.7 Å². The lowest BCUT2D eigenvalue weighted by molar-refractivity contribution is -0.384. The number of carbonyl (C=O) groups is 2. The summed E-state index contributed by atoms with van der Waals surface area (Å²) in [6.07, 6.45) is -1.06. The summed E-state index contributed by atoms with van der Waals surface area (Å²) < 4.78 is 0. The number of benzene rings is 3. The Labute approximate surface area is 194 Å². The minimum Gasteiger partial charge on any atom is -0.273 e. The zero-order valence-corrected chi connectivity index (χ0v) is 18.2. The Hall–Kier alpha value is -3.75. The van der Waals surface area contributed by atoms with Gasteiger partial charge in [0.15, 0.2) is 6.10 Å². The number of nitro groups is 1. The number of rotatable bonds is 4. The SMILES string of the molecule is Cc1ccc(N2C(=O)[C@H]3[C@H](ON(c4ccccc4)[C@H]3c3ccc(Cl)c([N+](=O)[O-])c3)C2=O)cc1. The van der Waals surface area contributed by atoms with Crippen molar-refractivity contribution in [1.82, 2.24) is 0 Å². The third-order valence-electron chi connectivity index (χ3n) is 5.93. The summed E-state index contributed by atoms with van der Waals surface area (Å²) in [5, 5.41) is 13.0. The molecule has 3 aromatic carbocycles. The number of nitrogens with zero attached hydrogens (tertiary/aromatic N) is 3. The second-order valence-corrected chi connectivity index (χ2v) is 8.38. The van der Waals surface area contributed by atoms with E-state index in [2.05, 4.69) is 0 Å². The highest BCUT2D eigenvalue weighted by Gasteiger charge is 2.60. The molecule has 0 radical (unpaired) electrons. The summed E-state index contributed by atoms with van der Waals surface area (Å²) in [5.41, 5.74) is 2.25. The van der Waals surface area contributed by atoms with Crippen molar-refractivity contribution in [3.63, 3.8) is 0 Å². The lowest BCUT2D eigenvalue weighted by atomic mass is 9.90. The van der Waals surface area contributed by atoms with Gasteiger partial charge in [-0.1, -0.05) is 53.6 Å². The van der Waals surface area contributed by atoms with Crippen LogP contribution in [0.4, 0.5) is 17.1 Å². The normalized spacial score (nSPS) is 22.1. The maximum absolute atomic E-state index is 13.6. The van der Waals surface area contributed by atoms with Gasteiger partial charge in [0.25, 0.3) is 11.6 Å². The molecule has 2 aliphatic heterocycles. The molecule has 0 N–H and O–H groups in total. The highest BCUT2D eigenvalue weighted by Crippen LogP contribution is 2.48. The van der Waals surface area contributed by atoms with Crippen LogP contribution >= 0.6 is 11.6 Å². The number of para-hydroxylation sites is 1. The molecule has 2 amide bonds. The van der Waals surface area contributed by atoms with E-state index >= 15 is 0 Å². The van der Waals surface area contributed by atoms with Gasteiger partial charge in [-0.3, -0.25) is 24.5 Å². The largest absolute Gasteiger partial charge is 0.288 e. The van der Waals surface area contributed by atoms with Gasteiger partial charge in [-0.2, -0.15) is 0 Å². The van der Waals surface area contributed by atoms with Gasteiger partial charge in [-0.25, -0.2) is 9.96 Å². The Morgan fingerprint density at radius 1 is 0.939 bits per heavy atom. The third-order valence-corrected chi connectivity index (χ3v) is 6.25. The molecular formula is C24H18ClN3O5. The van der Waals surface area contributed by atoms with E-state index in [0.717, 1.165) is 10.5 Å². The molecule has 0 aromatic heterocycles. The van der Waals surface area contributed by atoms with Crippen LogP contribution in [-0.2, 0) is 14.4 Å². The zero-order chi connectivity index (χ0) is 23.3. The van der Waals surface area contributed by atoms with Crippen LogP contribution in [-0.4, -0.2) is 22.8 Å². The molecule has 2 heterocycles. The summed E-state index contributed by atoms with van der Waals surface area (Å²) >= 11 is 6.01. The molecule has 0 aliphatic carbocycles. The van der Waals surface area contributed by atoms with Crippen molar-refractivity contribution in [1.29, 1.82) is 0 Å². The van der Waals surface area contributed by atoms with E-state index in [4.69, 9.17) is 16.4 Å². The number of halogens is 1. The van der Waals surface area contributed by atoms with E-state index in [-0.39, 0.29) is 10.7 Å². The number of hydrogen-bond acceptors (Lipinski definition) is 6. The van der Waals surface area contributed by atoms with Crippen molar-refractivity contribution in [2.45, 2.75) is 19.1 Å². The Morgan fingerprint density at radius 3 is 2.30 bits per heavy atom. The number of imide groups is 1. The molecule has 5 rings (SSSR count). The average molecular weight is 464 g/mol. The summed E-state index contributed by atoms with van der Waals surface area (Å²) in [7, 11) is 0. The fourth-order valence-corrected chi connectivity index (χ4v) is 4.54. The first-order valence-electron chi connectivity index (χ1n) is 10.3. The highest BCUT2D eigenvalue weighted by molar-refractivity contribution is 6.32. The van der Waals surface area contributed by atoms with Crippen LogP contribution in [0.25, 0.3) is 0 Å². The Bertz CT molecular complexity index is 1260. The maximum Gasteiger partial charge on any atom is 0.288 e. The van der Waals surface area contributed by atoms with E-state index in [1.54, 1.807) is 42.5 Å². The number of hydrogen-bond donors (Lipinski definition) is 0. The second-order valence-electron chi connectivity index (χ2n) is 7.97. The zero-order valence-electron chi connectivity index (χ0n) is 17.4. The average Bonchev–Trinajstić information content (AvgIpc) is 3.31. The standard InChI is InChI=1S/C24H18ClN3O5/c1-14-7-10-16(11-8-14)26-23(29)20-21(15-9-12-18(25)19(13-15)28(31)32)27(33-22(20)24(26)30)17-5-3-2-4-6-17/h2-13,20-22H,1H3/t20-,21+,22+/m1/s1.